The van der Waals surface area contributed by atoms with Crippen molar-refractivity contribution in [1.82, 2.24) is 25.1 Å². The SMILES string of the molecule is C=C(C)c1cncc2[nH]c(-c3n[nH]c(C)c3C)nc12. The highest BCUT2D eigenvalue weighted by molar-refractivity contribution is 5.89. The average molecular weight is 253 g/mol. The molecule has 0 saturated heterocycles. The number of hydrogen-bond donors (Lipinski definition) is 2. The Morgan fingerprint density at radius 2 is 2.05 bits per heavy atom. The molecule has 3 aromatic heterocycles. The lowest BCUT2D eigenvalue weighted by Gasteiger charge is -1.98. The minimum Gasteiger partial charge on any atom is -0.335 e. The standard InChI is InChI=1S/C14H15N5/c1-7(2)10-5-15-6-11-13(10)17-14(16-11)12-8(3)9(4)18-19-12/h5-6H,1H2,2-4H3,(H,16,17)(H,18,19). The van der Waals surface area contributed by atoms with Crippen molar-refractivity contribution in [3.05, 3.63) is 35.8 Å². The Labute approximate surface area is 110 Å². The summed E-state index contributed by atoms with van der Waals surface area (Å²) in [5.41, 5.74) is 6.70. The molecule has 0 aliphatic rings. The van der Waals surface area contributed by atoms with Crippen molar-refractivity contribution < 1.29 is 0 Å². The minimum atomic E-state index is 0.757. The molecule has 0 amide bonds. The Morgan fingerprint density at radius 1 is 1.26 bits per heavy atom. The fourth-order valence-electron chi connectivity index (χ4n) is 2.07. The first kappa shape index (κ1) is 11.6. The van der Waals surface area contributed by atoms with Gasteiger partial charge in [0.05, 0.1) is 17.2 Å². The lowest BCUT2D eigenvalue weighted by atomic mass is 10.1. The number of aryl methyl sites for hydroxylation is 1. The van der Waals surface area contributed by atoms with Gasteiger partial charge in [0.25, 0.3) is 0 Å². The smallest absolute Gasteiger partial charge is 0.159 e. The van der Waals surface area contributed by atoms with Crippen LogP contribution in [-0.4, -0.2) is 25.1 Å². The van der Waals surface area contributed by atoms with E-state index in [1.165, 1.54) is 0 Å². The van der Waals surface area contributed by atoms with Gasteiger partial charge in [0.15, 0.2) is 5.82 Å². The third kappa shape index (κ3) is 1.74. The van der Waals surface area contributed by atoms with Crippen LogP contribution in [0.5, 0.6) is 0 Å². The molecule has 2 N–H and O–H groups in total. The van der Waals surface area contributed by atoms with Crippen LogP contribution in [0, 0.1) is 13.8 Å². The molecule has 0 aromatic carbocycles. The van der Waals surface area contributed by atoms with Gasteiger partial charge in [0.1, 0.15) is 5.69 Å². The number of aromatic nitrogens is 5. The summed E-state index contributed by atoms with van der Waals surface area (Å²) in [6.07, 6.45) is 3.56. The number of hydrogen-bond acceptors (Lipinski definition) is 3. The van der Waals surface area contributed by atoms with Gasteiger partial charge >= 0.3 is 0 Å². The van der Waals surface area contributed by atoms with Crippen molar-refractivity contribution in [2.24, 2.45) is 0 Å². The lowest BCUT2D eigenvalue weighted by Crippen LogP contribution is -1.84. The summed E-state index contributed by atoms with van der Waals surface area (Å²) in [6.45, 7) is 9.94. The number of nitrogens with one attached hydrogen (secondary N) is 2. The summed E-state index contributed by atoms with van der Waals surface area (Å²) in [6, 6.07) is 0. The van der Waals surface area contributed by atoms with E-state index in [-0.39, 0.29) is 0 Å². The van der Waals surface area contributed by atoms with Crippen LogP contribution in [0.3, 0.4) is 0 Å². The molecule has 0 atom stereocenters. The number of imidazole rings is 1. The molecule has 5 heteroatoms. The van der Waals surface area contributed by atoms with Crippen molar-refractivity contribution in [1.29, 1.82) is 0 Å². The zero-order valence-electron chi connectivity index (χ0n) is 11.2. The van der Waals surface area contributed by atoms with Crippen molar-refractivity contribution in [3.63, 3.8) is 0 Å². The number of allylic oxidation sites excluding steroid dienone is 1. The monoisotopic (exact) mass is 253 g/mol. The van der Waals surface area contributed by atoms with Crippen molar-refractivity contribution in [3.8, 4) is 11.5 Å². The maximum atomic E-state index is 4.64. The van der Waals surface area contributed by atoms with E-state index in [2.05, 4.69) is 31.7 Å². The topological polar surface area (TPSA) is 70.2 Å². The summed E-state index contributed by atoms with van der Waals surface area (Å²) in [5, 5.41) is 7.27. The van der Waals surface area contributed by atoms with Crippen LogP contribution in [-0.2, 0) is 0 Å². The molecule has 0 aliphatic heterocycles. The van der Waals surface area contributed by atoms with Crippen LogP contribution in [0.2, 0.25) is 0 Å². The molecule has 0 fully saturated rings. The number of pyridine rings is 1. The molecule has 0 aliphatic carbocycles. The first-order chi connectivity index (χ1) is 9.08. The van der Waals surface area contributed by atoms with Gasteiger partial charge in [-0.05, 0) is 26.3 Å². The van der Waals surface area contributed by atoms with Crippen LogP contribution < -0.4 is 0 Å². The third-order valence-electron chi connectivity index (χ3n) is 3.33. The van der Waals surface area contributed by atoms with Gasteiger partial charge in [-0.3, -0.25) is 10.1 Å². The van der Waals surface area contributed by atoms with Crippen LogP contribution >= 0.6 is 0 Å². The second-order valence-electron chi connectivity index (χ2n) is 4.77. The van der Waals surface area contributed by atoms with E-state index in [1.807, 2.05) is 20.8 Å². The van der Waals surface area contributed by atoms with E-state index in [9.17, 15) is 0 Å². The number of fused-ring (bicyclic) bond motifs is 1. The summed E-state index contributed by atoms with van der Waals surface area (Å²) >= 11 is 0. The van der Waals surface area contributed by atoms with Crippen molar-refractivity contribution in [2.45, 2.75) is 20.8 Å². The van der Waals surface area contributed by atoms with Crippen molar-refractivity contribution in [2.75, 3.05) is 0 Å². The second kappa shape index (κ2) is 4.05. The molecule has 3 rings (SSSR count). The molecule has 0 unspecified atom stereocenters. The quantitative estimate of drug-likeness (QED) is 0.737. The first-order valence-electron chi connectivity index (χ1n) is 6.09. The van der Waals surface area contributed by atoms with E-state index in [0.29, 0.717) is 0 Å². The average Bonchev–Trinajstić information content (AvgIpc) is 2.93. The Kier molecular flexibility index (Phi) is 2.48. The predicted octanol–water partition coefficient (Wildman–Crippen LogP) is 3.00. The number of aromatic amines is 2. The minimum absolute atomic E-state index is 0.757. The summed E-state index contributed by atoms with van der Waals surface area (Å²) in [7, 11) is 0. The maximum Gasteiger partial charge on any atom is 0.159 e. The molecular formula is C14H15N5. The van der Waals surface area contributed by atoms with Gasteiger partial charge < -0.3 is 4.98 Å². The molecule has 0 bridgehead atoms. The highest BCUT2D eigenvalue weighted by Gasteiger charge is 2.14. The molecule has 19 heavy (non-hydrogen) atoms. The Morgan fingerprint density at radius 3 is 2.68 bits per heavy atom. The zero-order valence-corrected chi connectivity index (χ0v) is 11.2. The van der Waals surface area contributed by atoms with Gasteiger partial charge in [-0.2, -0.15) is 5.10 Å². The van der Waals surface area contributed by atoms with Gasteiger partial charge in [-0.15, -0.1) is 0 Å². The molecule has 3 heterocycles. The third-order valence-corrected chi connectivity index (χ3v) is 3.33. The van der Waals surface area contributed by atoms with Gasteiger partial charge in [-0.1, -0.05) is 6.58 Å². The van der Waals surface area contributed by atoms with E-state index >= 15 is 0 Å². The van der Waals surface area contributed by atoms with E-state index in [0.717, 1.165) is 44.9 Å². The maximum absolute atomic E-state index is 4.64. The fraction of sp³-hybridized carbons (Fsp3) is 0.214. The zero-order chi connectivity index (χ0) is 13.6. The molecule has 3 aromatic rings. The molecule has 5 nitrogen and oxygen atoms in total. The molecule has 0 spiro atoms. The molecule has 0 saturated carbocycles. The van der Waals surface area contributed by atoms with Crippen LogP contribution in [0.4, 0.5) is 0 Å². The van der Waals surface area contributed by atoms with Gasteiger partial charge in [-0.25, -0.2) is 4.98 Å². The highest BCUT2D eigenvalue weighted by Crippen LogP contribution is 2.26. The summed E-state index contributed by atoms with van der Waals surface area (Å²) in [4.78, 5) is 12.1. The molecule has 96 valence electrons. The number of rotatable bonds is 2. The molecule has 0 radical (unpaired) electrons. The van der Waals surface area contributed by atoms with Crippen LogP contribution in [0.15, 0.2) is 19.0 Å². The summed E-state index contributed by atoms with van der Waals surface area (Å²) < 4.78 is 0. The van der Waals surface area contributed by atoms with Crippen molar-refractivity contribution >= 4 is 16.6 Å². The first-order valence-corrected chi connectivity index (χ1v) is 6.09. The lowest BCUT2D eigenvalue weighted by molar-refractivity contribution is 1.04. The number of H-pyrrole nitrogens is 2. The largest absolute Gasteiger partial charge is 0.335 e. The summed E-state index contributed by atoms with van der Waals surface area (Å²) in [5.74, 6) is 0.757. The Hall–Kier alpha value is -2.43. The Bertz CT molecular complexity index is 778. The van der Waals surface area contributed by atoms with Crippen LogP contribution in [0.1, 0.15) is 23.7 Å². The number of nitrogens with zero attached hydrogens (tertiary/aromatic N) is 3. The van der Waals surface area contributed by atoms with E-state index < -0.39 is 0 Å². The normalized spacial score (nSPS) is 11.1. The predicted molar refractivity (Wildman–Crippen MR) is 75.7 cm³/mol. The van der Waals surface area contributed by atoms with E-state index in [4.69, 9.17) is 0 Å². The van der Waals surface area contributed by atoms with Gasteiger partial charge in [0.2, 0.25) is 0 Å². The highest BCUT2D eigenvalue weighted by atomic mass is 15.1. The Balaban J connectivity index is 2.25. The fourth-order valence-corrected chi connectivity index (χ4v) is 2.07. The van der Waals surface area contributed by atoms with Crippen LogP contribution in [0.25, 0.3) is 28.1 Å². The second-order valence-corrected chi connectivity index (χ2v) is 4.77. The molecular weight excluding hydrogens is 238 g/mol. The van der Waals surface area contributed by atoms with E-state index in [1.54, 1.807) is 12.4 Å². The van der Waals surface area contributed by atoms with Gasteiger partial charge in [0, 0.05) is 23.0 Å².